The first-order valence-electron chi connectivity index (χ1n) is 15.7. The lowest BCUT2D eigenvalue weighted by Crippen LogP contribution is -2.49. The number of rotatable bonds is 18. The van der Waals surface area contributed by atoms with Crippen LogP contribution in [0.15, 0.2) is 60.2 Å². The number of amides is 4. The van der Waals surface area contributed by atoms with Gasteiger partial charge in [-0.15, -0.1) is 11.3 Å². The van der Waals surface area contributed by atoms with Gasteiger partial charge in [-0.05, 0) is 73.7 Å². The number of guanidine groups is 1. The molecule has 3 aromatic rings. The Labute approximate surface area is 283 Å². The fraction of sp³-hybridized carbons (Fsp3) is 0.353. The zero-order valence-corrected chi connectivity index (χ0v) is 27.9. The molecule has 2 aromatic carbocycles. The van der Waals surface area contributed by atoms with Crippen LogP contribution < -0.4 is 32.3 Å². The average Bonchev–Trinajstić information content (AvgIpc) is 3.50. The number of nitrogens with one attached hydrogen (secondary N) is 6. The molecule has 1 aromatic heterocycles. The Balaban J connectivity index is 1.64. The number of hydrogen-bond acceptors (Lipinski definition) is 7. The highest BCUT2D eigenvalue weighted by Gasteiger charge is 2.24. The number of thiophene rings is 1. The van der Waals surface area contributed by atoms with Crippen molar-refractivity contribution in [2.45, 2.75) is 58.0 Å². The van der Waals surface area contributed by atoms with Gasteiger partial charge >= 0.3 is 5.97 Å². The third-order valence-corrected chi connectivity index (χ3v) is 8.57. The molecule has 256 valence electrons. The highest BCUT2D eigenvalue weighted by Crippen LogP contribution is 2.25. The molecular weight excluding hydrogens is 634 g/mol. The third-order valence-electron chi connectivity index (χ3n) is 7.45. The fourth-order valence-corrected chi connectivity index (χ4v) is 5.80. The zero-order chi connectivity index (χ0) is 35.1. The van der Waals surface area contributed by atoms with Crippen molar-refractivity contribution in [3.8, 4) is 0 Å². The van der Waals surface area contributed by atoms with Crippen molar-refractivity contribution in [2.75, 3.05) is 19.6 Å². The van der Waals surface area contributed by atoms with Crippen LogP contribution >= 0.6 is 11.3 Å². The summed E-state index contributed by atoms with van der Waals surface area (Å²) in [6, 6.07) is 15.0. The second kappa shape index (κ2) is 18.8. The van der Waals surface area contributed by atoms with Crippen LogP contribution in [0.4, 0.5) is 0 Å². The molecule has 0 aliphatic carbocycles. The first-order valence-corrected chi connectivity index (χ1v) is 16.5. The summed E-state index contributed by atoms with van der Waals surface area (Å²) in [6.45, 7) is 3.60. The number of carboxylic acid groups (broad SMARTS) is 1. The number of hydrogen-bond donors (Lipinski definition) is 8. The molecule has 2 atom stereocenters. The van der Waals surface area contributed by atoms with E-state index in [1.807, 2.05) is 62.4 Å². The van der Waals surface area contributed by atoms with E-state index in [2.05, 4.69) is 26.6 Å². The number of nitrogens with two attached hydrogens (primary N) is 1. The van der Waals surface area contributed by atoms with Gasteiger partial charge in [0.05, 0.1) is 4.88 Å². The van der Waals surface area contributed by atoms with Gasteiger partial charge in [-0.25, -0.2) is 0 Å². The van der Waals surface area contributed by atoms with Gasteiger partial charge in [-0.1, -0.05) is 49.4 Å². The van der Waals surface area contributed by atoms with Crippen molar-refractivity contribution in [1.82, 2.24) is 26.6 Å². The first kappa shape index (κ1) is 37.2. The van der Waals surface area contributed by atoms with Gasteiger partial charge < -0.3 is 37.4 Å². The van der Waals surface area contributed by atoms with E-state index >= 15 is 0 Å². The van der Waals surface area contributed by atoms with Crippen LogP contribution in [0.3, 0.4) is 0 Å². The predicted molar refractivity (Wildman–Crippen MR) is 186 cm³/mol. The Hall–Kier alpha value is -5.24. The standard InChI is InChI=1S/C34H43N7O6S/c1-3-22(18-23-11-5-4-10-21(23)2)30(44)40-26(32(46)39-20-29(42)43)13-8-16-37-31(45)25(14-9-17-38-34(35)36)41-33(47)28-19-24-12-6-7-15-27(24)48-28/h4-7,10-12,15,18-19,25-26H,3,8-9,13-14,16-17,20H2,1-2H3,(H,37,45)(H,39,46)(H,40,44)(H,41,47)(H,42,43)(H4,35,36,38)/b22-18+. The van der Waals surface area contributed by atoms with E-state index in [1.54, 1.807) is 12.1 Å². The van der Waals surface area contributed by atoms with E-state index in [4.69, 9.17) is 16.2 Å². The van der Waals surface area contributed by atoms with Crippen LogP contribution in [0.5, 0.6) is 0 Å². The SMILES string of the molecule is CC/C(=C\c1ccccc1C)C(=O)NC(CCCNC(=O)C(CCCNC(=N)N)NC(=O)c1cc2ccccc2s1)C(=O)NCC(=O)O. The van der Waals surface area contributed by atoms with Crippen molar-refractivity contribution in [3.63, 3.8) is 0 Å². The topological polar surface area (TPSA) is 216 Å². The molecule has 13 nitrogen and oxygen atoms in total. The molecule has 0 spiro atoms. The van der Waals surface area contributed by atoms with Gasteiger partial charge in [0.15, 0.2) is 5.96 Å². The van der Waals surface area contributed by atoms with Gasteiger partial charge in [0, 0.05) is 23.4 Å². The van der Waals surface area contributed by atoms with Crippen LogP contribution in [0.2, 0.25) is 0 Å². The molecule has 0 radical (unpaired) electrons. The van der Waals surface area contributed by atoms with Gasteiger partial charge in [-0.2, -0.15) is 0 Å². The van der Waals surface area contributed by atoms with Crippen molar-refractivity contribution < 1.29 is 29.1 Å². The van der Waals surface area contributed by atoms with Gasteiger partial charge in [0.2, 0.25) is 17.7 Å². The van der Waals surface area contributed by atoms with Gasteiger partial charge in [0.1, 0.15) is 18.6 Å². The molecule has 0 saturated heterocycles. The summed E-state index contributed by atoms with van der Waals surface area (Å²) in [7, 11) is 0. The summed E-state index contributed by atoms with van der Waals surface area (Å²) in [5, 5.41) is 30.6. The minimum absolute atomic E-state index is 0.111. The third kappa shape index (κ3) is 11.8. The lowest BCUT2D eigenvalue weighted by molar-refractivity contribution is -0.138. The Morgan fingerprint density at radius 1 is 0.896 bits per heavy atom. The number of aliphatic carboxylic acids is 1. The quantitative estimate of drug-likeness (QED) is 0.0432. The summed E-state index contributed by atoms with van der Waals surface area (Å²) in [5.74, 6) is -3.36. The second-order valence-electron chi connectivity index (χ2n) is 11.1. The van der Waals surface area contributed by atoms with Crippen LogP contribution in [-0.4, -0.2) is 72.4 Å². The van der Waals surface area contributed by atoms with Crippen molar-refractivity contribution in [1.29, 1.82) is 5.41 Å². The maximum atomic E-state index is 13.2. The highest BCUT2D eigenvalue weighted by atomic mass is 32.1. The lowest BCUT2D eigenvalue weighted by atomic mass is 10.0. The molecule has 48 heavy (non-hydrogen) atoms. The van der Waals surface area contributed by atoms with E-state index < -0.39 is 42.3 Å². The van der Waals surface area contributed by atoms with E-state index in [0.29, 0.717) is 29.8 Å². The molecule has 0 saturated carbocycles. The Morgan fingerprint density at radius 3 is 2.17 bits per heavy atom. The van der Waals surface area contributed by atoms with Crippen molar-refractivity contribution in [2.24, 2.45) is 5.73 Å². The maximum Gasteiger partial charge on any atom is 0.322 e. The van der Waals surface area contributed by atoms with Crippen LogP contribution in [0.25, 0.3) is 16.2 Å². The number of benzene rings is 2. The number of fused-ring (bicyclic) bond motifs is 1. The molecule has 0 aliphatic heterocycles. The van der Waals surface area contributed by atoms with Crippen LogP contribution in [0, 0.1) is 12.3 Å². The highest BCUT2D eigenvalue weighted by molar-refractivity contribution is 7.20. The number of carboxylic acids is 1. The summed E-state index contributed by atoms with van der Waals surface area (Å²) >= 11 is 1.32. The zero-order valence-electron chi connectivity index (χ0n) is 27.1. The average molecular weight is 678 g/mol. The molecule has 14 heteroatoms. The van der Waals surface area contributed by atoms with E-state index in [-0.39, 0.29) is 37.7 Å². The first-order chi connectivity index (χ1) is 23.0. The van der Waals surface area contributed by atoms with E-state index in [1.165, 1.54) is 11.3 Å². The lowest BCUT2D eigenvalue weighted by Gasteiger charge is -2.20. The summed E-state index contributed by atoms with van der Waals surface area (Å²) in [4.78, 5) is 64.0. The van der Waals surface area contributed by atoms with E-state index in [9.17, 15) is 24.0 Å². The summed E-state index contributed by atoms with van der Waals surface area (Å²) in [5.41, 5.74) is 7.65. The van der Waals surface area contributed by atoms with Gasteiger partial charge in [-0.3, -0.25) is 29.4 Å². The van der Waals surface area contributed by atoms with Crippen molar-refractivity contribution in [3.05, 3.63) is 76.2 Å². The van der Waals surface area contributed by atoms with Crippen LogP contribution in [-0.2, 0) is 19.2 Å². The molecule has 0 fully saturated rings. The Morgan fingerprint density at radius 2 is 1.52 bits per heavy atom. The minimum Gasteiger partial charge on any atom is -0.480 e. The molecule has 2 unspecified atom stereocenters. The summed E-state index contributed by atoms with van der Waals surface area (Å²) in [6.07, 6.45) is 3.25. The largest absolute Gasteiger partial charge is 0.480 e. The monoisotopic (exact) mass is 677 g/mol. The Kier molecular flexibility index (Phi) is 14.6. The fourth-order valence-electron chi connectivity index (χ4n) is 4.83. The second-order valence-corrected chi connectivity index (χ2v) is 12.2. The van der Waals surface area contributed by atoms with Crippen LogP contribution in [0.1, 0.15) is 59.8 Å². The molecule has 0 aliphatic rings. The molecule has 1 heterocycles. The molecule has 9 N–H and O–H groups in total. The molecule has 3 rings (SSSR count). The summed E-state index contributed by atoms with van der Waals surface area (Å²) < 4.78 is 0.945. The van der Waals surface area contributed by atoms with E-state index in [0.717, 1.165) is 21.2 Å². The maximum absolute atomic E-state index is 13.2. The normalized spacial score (nSPS) is 12.4. The predicted octanol–water partition coefficient (Wildman–Crippen LogP) is 2.65. The van der Waals surface area contributed by atoms with Gasteiger partial charge in [0.25, 0.3) is 5.91 Å². The number of aryl methyl sites for hydroxylation is 1. The number of carbonyl (C=O) groups is 5. The Bertz CT molecular complexity index is 1620. The smallest absolute Gasteiger partial charge is 0.322 e. The minimum atomic E-state index is -1.23. The molecular formula is C34H43N7O6S. The van der Waals surface area contributed by atoms with Crippen molar-refractivity contribution >= 4 is 63.1 Å². The molecule has 4 amide bonds. The molecule has 0 bridgehead atoms. The number of carbonyl (C=O) groups excluding carboxylic acids is 4.